The number of amides is 2. The van der Waals surface area contributed by atoms with Crippen LogP contribution in [0.5, 0.6) is 0 Å². The van der Waals surface area contributed by atoms with Gasteiger partial charge in [0.05, 0.1) is 0 Å². The van der Waals surface area contributed by atoms with Crippen molar-refractivity contribution >= 4 is 62.7 Å². The minimum absolute atomic E-state index is 0.0251. The van der Waals surface area contributed by atoms with E-state index in [9.17, 15) is 9.59 Å². The molecule has 0 heterocycles. The van der Waals surface area contributed by atoms with Gasteiger partial charge in [-0.15, -0.1) is 25.3 Å². The predicted molar refractivity (Wildman–Crippen MR) is 110 cm³/mol. The highest BCUT2D eigenvalue weighted by atomic mass is 32.1. The van der Waals surface area contributed by atoms with Crippen molar-refractivity contribution in [1.29, 1.82) is 0 Å². The Labute approximate surface area is 170 Å². The molecular weight excluding hydrogens is 400 g/mol. The van der Waals surface area contributed by atoms with Crippen LogP contribution in [0.25, 0.3) is 0 Å². The number of carbonyl (C=O) groups is 2. The summed E-state index contributed by atoms with van der Waals surface area (Å²) in [5, 5.41) is 5.46. The normalized spacial score (nSPS) is 32.4. The summed E-state index contributed by atoms with van der Waals surface area (Å²) in [6, 6.07) is -0.0502. The summed E-state index contributed by atoms with van der Waals surface area (Å²) >= 11 is 16.8. The van der Waals surface area contributed by atoms with E-state index in [2.05, 4.69) is 61.1 Å². The van der Waals surface area contributed by atoms with Gasteiger partial charge in [-0.25, -0.2) is 9.59 Å². The molecule has 2 fully saturated rings. The zero-order valence-corrected chi connectivity index (χ0v) is 17.7. The van der Waals surface area contributed by atoms with Gasteiger partial charge in [0.15, 0.2) is 10.9 Å². The van der Waals surface area contributed by atoms with E-state index in [1.165, 1.54) is 0 Å². The summed E-state index contributed by atoms with van der Waals surface area (Å²) in [5.41, 5.74) is -1.14. The minimum Gasteiger partial charge on any atom is -0.434 e. The van der Waals surface area contributed by atoms with Crippen molar-refractivity contribution in [3.8, 4) is 0 Å². The molecule has 0 aliphatic heterocycles. The van der Waals surface area contributed by atoms with Crippen LogP contribution in [0.2, 0.25) is 0 Å². The number of rotatable bonds is 6. The molecule has 0 aromatic heterocycles. The van der Waals surface area contributed by atoms with E-state index < -0.39 is 23.1 Å². The number of nitrogens with one attached hydrogen (secondary N) is 2. The van der Waals surface area contributed by atoms with Crippen molar-refractivity contribution in [1.82, 2.24) is 10.6 Å². The van der Waals surface area contributed by atoms with Crippen molar-refractivity contribution in [2.24, 2.45) is 11.8 Å². The largest absolute Gasteiger partial charge is 0.434 e. The molecule has 0 spiro atoms. The summed E-state index contributed by atoms with van der Waals surface area (Å²) in [6.45, 7) is 3.61. The van der Waals surface area contributed by atoms with Crippen LogP contribution < -0.4 is 10.6 Å². The first-order valence-corrected chi connectivity index (χ1v) is 10.4. The Hall–Kier alpha value is -0.0600. The van der Waals surface area contributed by atoms with Crippen molar-refractivity contribution in [2.45, 2.75) is 66.6 Å². The Balaban J connectivity index is 1.83. The van der Waals surface area contributed by atoms with Gasteiger partial charge >= 0.3 is 12.2 Å². The number of hydrogen-bond acceptors (Lipinski definition) is 8. The maximum Gasteiger partial charge on any atom is 0.408 e. The first kappa shape index (κ1) is 21.2. The fourth-order valence-electron chi connectivity index (χ4n) is 3.47. The average molecular weight is 427 g/mol. The Kier molecular flexibility index (Phi) is 7.84. The molecule has 6 unspecified atom stereocenters. The zero-order valence-electron chi connectivity index (χ0n) is 14.2. The molecule has 2 bridgehead atoms. The van der Waals surface area contributed by atoms with E-state index in [0.29, 0.717) is 5.92 Å². The highest BCUT2D eigenvalue weighted by molar-refractivity contribution is 7.85. The van der Waals surface area contributed by atoms with E-state index in [1.807, 2.05) is 0 Å². The molecule has 2 aliphatic carbocycles. The Morgan fingerprint density at radius 1 is 0.840 bits per heavy atom. The third kappa shape index (κ3) is 5.97. The molecule has 0 aromatic carbocycles. The maximum absolute atomic E-state index is 12.0. The molecule has 2 N–H and O–H groups in total. The van der Waals surface area contributed by atoms with Gasteiger partial charge in [-0.05, 0) is 44.9 Å². The quantitative estimate of drug-likeness (QED) is 0.292. The van der Waals surface area contributed by atoms with E-state index in [1.54, 1.807) is 13.8 Å². The number of thiol groups is 4. The monoisotopic (exact) mass is 426 g/mol. The van der Waals surface area contributed by atoms with E-state index >= 15 is 0 Å². The smallest absolute Gasteiger partial charge is 0.408 e. The van der Waals surface area contributed by atoms with E-state index in [-0.39, 0.29) is 28.5 Å². The third-order valence-electron chi connectivity index (χ3n) is 4.70. The van der Waals surface area contributed by atoms with Gasteiger partial charge in [-0.3, -0.25) is 0 Å². The van der Waals surface area contributed by atoms with E-state index in [4.69, 9.17) is 9.47 Å². The minimum atomic E-state index is -0.568. The molecule has 0 radical (unpaired) electrons. The molecule has 6 nitrogen and oxygen atoms in total. The van der Waals surface area contributed by atoms with Gasteiger partial charge in [0.1, 0.15) is 0 Å². The standard InChI is InChI=1S/C15H26N2O4S4/c1-6(22)12(24)20-14(18)16-10-4-8-3-9(10)11(5-8)17-15(19)21-13(25)7(2)23/h6-13,22-25H,3-5H2,1-2H3,(H,16,18)(H,17,19). The van der Waals surface area contributed by atoms with Crippen LogP contribution in [0.1, 0.15) is 33.1 Å². The van der Waals surface area contributed by atoms with Crippen LogP contribution >= 0.6 is 50.5 Å². The summed E-state index contributed by atoms with van der Waals surface area (Å²) < 4.78 is 10.4. The fraction of sp³-hybridized carbons (Fsp3) is 0.867. The molecule has 0 saturated heterocycles. The molecule has 144 valence electrons. The Morgan fingerprint density at radius 3 is 1.56 bits per heavy atom. The molecule has 25 heavy (non-hydrogen) atoms. The second-order valence-electron chi connectivity index (χ2n) is 6.81. The summed E-state index contributed by atoms with van der Waals surface area (Å²) in [7, 11) is 0. The lowest BCUT2D eigenvalue weighted by molar-refractivity contribution is 0.120. The molecular formula is C15H26N2O4S4. The second-order valence-corrected chi connectivity index (χ2v) is 9.46. The SMILES string of the molecule is CC(S)C(S)OC(=O)NC1CC2CC(NC(=O)OC(S)C(C)S)C1C2. The lowest BCUT2D eigenvalue weighted by Gasteiger charge is -2.31. The van der Waals surface area contributed by atoms with Gasteiger partial charge in [0.2, 0.25) is 0 Å². The van der Waals surface area contributed by atoms with Crippen LogP contribution in [0.4, 0.5) is 9.59 Å². The topological polar surface area (TPSA) is 76.7 Å². The first-order chi connectivity index (χ1) is 11.7. The van der Waals surface area contributed by atoms with E-state index in [0.717, 1.165) is 19.3 Å². The molecule has 0 aromatic rings. The zero-order chi connectivity index (χ0) is 18.7. The maximum atomic E-state index is 12.0. The fourth-order valence-corrected chi connectivity index (χ4v) is 3.78. The van der Waals surface area contributed by atoms with Crippen LogP contribution in [-0.2, 0) is 9.47 Å². The number of alkyl carbamates (subject to hydrolysis) is 2. The van der Waals surface area contributed by atoms with Crippen LogP contribution in [0, 0.1) is 11.8 Å². The van der Waals surface area contributed by atoms with Crippen molar-refractivity contribution in [3.05, 3.63) is 0 Å². The summed E-state index contributed by atoms with van der Waals surface area (Å²) in [4.78, 5) is 24.0. The molecule has 10 heteroatoms. The predicted octanol–water partition coefficient (Wildman–Crippen LogP) is 2.75. The number of fused-ring (bicyclic) bond motifs is 2. The van der Waals surface area contributed by atoms with Crippen molar-refractivity contribution < 1.29 is 19.1 Å². The molecule has 2 aliphatic rings. The average Bonchev–Trinajstić information content (AvgIpc) is 3.05. The molecule has 2 amide bonds. The lowest BCUT2D eigenvalue weighted by Crippen LogP contribution is -2.50. The van der Waals surface area contributed by atoms with Crippen LogP contribution in [-0.4, -0.2) is 45.6 Å². The van der Waals surface area contributed by atoms with Gasteiger partial charge in [0.25, 0.3) is 0 Å². The highest BCUT2D eigenvalue weighted by Crippen LogP contribution is 2.44. The van der Waals surface area contributed by atoms with Crippen molar-refractivity contribution in [2.75, 3.05) is 0 Å². The summed E-state index contributed by atoms with van der Waals surface area (Å²) in [5.74, 6) is 0.649. The van der Waals surface area contributed by atoms with Gasteiger partial charge in [-0.1, -0.05) is 0 Å². The summed E-state index contributed by atoms with van der Waals surface area (Å²) in [6.07, 6.45) is 1.75. The number of ether oxygens (including phenoxy) is 2. The van der Waals surface area contributed by atoms with Crippen LogP contribution in [0.3, 0.4) is 0 Å². The number of carbonyl (C=O) groups excluding carboxylic acids is 2. The highest BCUT2D eigenvalue weighted by Gasteiger charge is 2.47. The van der Waals surface area contributed by atoms with Gasteiger partial charge in [0, 0.05) is 22.6 Å². The Morgan fingerprint density at radius 2 is 1.24 bits per heavy atom. The first-order valence-electron chi connectivity index (χ1n) is 8.34. The number of hydrogen-bond donors (Lipinski definition) is 6. The molecule has 6 atom stereocenters. The second kappa shape index (κ2) is 9.23. The Bertz CT molecular complexity index is 454. The van der Waals surface area contributed by atoms with Crippen LogP contribution in [0.15, 0.2) is 0 Å². The lowest BCUT2D eigenvalue weighted by atomic mass is 9.91. The van der Waals surface area contributed by atoms with Gasteiger partial charge in [-0.2, -0.15) is 25.3 Å². The molecule has 2 rings (SSSR count). The van der Waals surface area contributed by atoms with Gasteiger partial charge < -0.3 is 20.1 Å². The van der Waals surface area contributed by atoms with Crippen molar-refractivity contribution in [3.63, 3.8) is 0 Å². The molecule has 2 saturated carbocycles. The third-order valence-corrected chi connectivity index (χ3v) is 6.82.